The molecule has 1 aliphatic heterocycles. The summed E-state index contributed by atoms with van der Waals surface area (Å²) in [5.74, 6) is 1.08. The zero-order valence-electron chi connectivity index (χ0n) is 8.81. The van der Waals surface area contributed by atoms with Crippen LogP contribution in [-0.4, -0.2) is 54.8 Å². The highest BCUT2D eigenvalue weighted by Crippen LogP contribution is 2.17. The van der Waals surface area contributed by atoms with Crippen LogP contribution in [0.2, 0.25) is 0 Å². The van der Waals surface area contributed by atoms with Crippen LogP contribution < -0.4 is 5.32 Å². The first-order valence-electron chi connectivity index (χ1n) is 5.09. The number of thioether (sulfide) groups is 1. The lowest BCUT2D eigenvalue weighted by molar-refractivity contribution is -0.124. The van der Waals surface area contributed by atoms with Gasteiger partial charge < -0.3 is 10.2 Å². The van der Waals surface area contributed by atoms with E-state index in [9.17, 15) is 13.2 Å². The molecule has 1 atom stereocenters. The van der Waals surface area contributed by atoms with Crippen molar-refractivity contribution >= 4 is 11.8 Å². The average molecular weight is 242 g/mol. The second-order valence-electron chi connectivity index (χ2n) is 3.77. The molecule has 1 heterocycles. The maximum Gasteiger partial charge on any atom is 0.401 e. The van der Waals surface area contributed by atoms with Crippen molar-refractivity contribution in [2.45, 2.75) is 18.3 Å². The monoisotopic (exact) mass is 242 g/mol. The molecule has 2 nitrogen and oxygen atoms in total. The lowest BCUT2D eigenvalue weighted by Gasteiger charge is -2.30. The highest BCUT2D eigenvalue weighted by molar-refractivity contribution is 7.99. The molecule has 1 aliphatic rings. The second kappa shape index (κ2) is 5.96. The van der Waals surface area contributed by atoms with E-state index in [-0.39, 0.29) is 0 Å². The molecule has 1 saturated heterocycles. The molecule has 1 fully saturated rings. The van der Waals surface area contributed by atoms with Crippen LogP contribution in [0, 0.1) is 0 Å². The van der Waals surface area contributed by atoms with Gasteiger partial charge in [-0.3, -0.25) is 0 Å². The van der Waals surface area contributed by atoms with E-state index in [1.807, 2.05) is 11.8 Å². The van der Waals surface area contributed by atoms with E-state index in [1.54, 1.807) is 0 Å². The standard InChI is InChI=1S/C9H17F3N2S/c1-8-6-14(4-5-15-8)3-2-13-7-9(10,11)12/h8,13H,2-7H2,1H3. The van der Waals surface area contributed by atoms with E-state index < -0.39 is 12.7 Å². The molecule has 0 aromatic rings. The van der Waals surface area contributed by atoms with Crippen molar-refractivity contribution in [2.75, 3.05) is 38.5 Å². The van der Waals surface area contributed by atoms with Crippen molar-refractivity contribution in [1.82, 2.24) is 10.2 Å². The SMILES string of the molecule is CC1CN(CCNCC(F)(F)F)CCS1. The Balaban J connectivity index is 2.04. The van der Waals surface area contributed by atoms with Crippen LogP contribution in [0.3, 0.4) is 0 Å². The number of nitrogens with one attached hydrogen (secondary N) is 1. The molecule has 0 aliphatic carbocycles. The average Bonchev–Trinajstić information content (AvgIpc) is 2.11. The molecule has 1 unspecified atom stereocenters. The van der Waals surface area contributed by atoms with Gasteiger partial charge in [-0.1, -0.05) is 6.92 Å². The van der Waals surface area contributed by atoms with E-state index in [4.69, 9.17) is 0 Å². The van der Waals surface area contributed by atoms with Crippen LogP contribution in [-0.2, 0) is 0 Å². The first-order chi connectivity index (χ1) is 6.97. The molecule has 0 saturated carbocycles. The van der Waals surface area contributed by atoms with Crippen LogP contribution in [0.15, 0.2) is 0 Å². The van der Waals surface area contributed by atoms with E-state index in [1.165, 1.54) is 0 Å². The largest absolute Gasteiger partial charge is 0.401 e. The summed E-state index contributed by atoms with van der Waals surface area (Å²) in [5.41, 5.74) is 0. The Morgan fingerprint density at radius 2 is 2.20 bits per heavy atom. The predicted octanol–water partition coefficient (Wildman–Crippen LogP) is 1.58. The van der Waals surface area contributed by atoms with Gasteiger partial charge in [0.1, 0.15) is 0 Å². The minimum Gasteiger partial charge on any atom is -0.307 e. The Morgan fingerprint density at radius 1 is 1.47 bits per heavy atom. The smallest absolute Gasteiger partial charge is 0.307 e. The summed E-state index contributed by atoms with van der Waals surface area (Å²) in [4.78, 5) is 2.21. The van der Waals surface area contributed by atoms with Crippen molar-refractivity contribution in [3.63, 3.8) is 0 Å². The summed E-state index contributed by atoms with van der Waals surface area (Å²) in [6, 6.07) is 0. The summed E-state index contributed by atoms with van der Waals surface area (Å²) in [7, 11) is 0. The molecule has 0 spiro atoms. The minimum absolute atomic E-state index is 0.414. The number of hydrogen-bond donors (Lipinski definition) is 1. The molecule has 0 amide bonds. The van der Waals surface area contributed by atoms with E-state index in [0.717, 1.165) is 18.8 Å². The van der Waals surface area contributed by atoms with Gasteiger partial charge in [0.05, 0.1) is 6.54 Å². The fourth-order valence-corrected chi connectivity index (χ4v) is 2.64. The van der Waals surface area contributed by atoms with E-state index >= 15 is 0 Å². The van der Waals surface area contributed by atoms with Gasteiger partial charge in [-0.15, -0.1) is 0 Å². The van der Waals surface area contributed by atoms with Gasteiger partial charge in [0.25, 0.3) is 0 Å². The van der Waals surface area contributed by atoms with Crippen LogP contribution in [0.4, 0.5) is 13.2 Å². The summed E-state index contributed by atoms with van der Waals surface area (Å²) in [6.45, 7) is 4.37. The third-order valence-electron chi connectivity index (χ3n) is 2.26. The number of halogens is 3. The summed E-state index contributed by atoms with van der Waals surface area (Å²) in [5, 5.41) is 3.01. The van der Waals surface area contributed by atoms with Gasteiger partial charge in [0.2, 0.25) is 0 Å². The van der Waals surface area contributed by atoms with Gasteiger partial charge in [-0.2, -0.15) is 24.9 Å². The van der Waals surface area contributed by atoms with Gasteiger partial charge in [0, 0.05) is 37.2 Å². The zero-order valence-corrected chi connectivity index (χ0v) is 9.63. The van der Waals surface area contributed by atoms with Gasteiger partial charge >= 0.3 is 6.18 Å². The Labute approximate surface area is 92.6 Å². The van der Waals surface area contributed by atoms with Crippen molar-refractivity contribution in [2.24, 2.45) is 0 Å². The third kappa shape index (κ3) is 6.27. The quantitative estimate of drug-likeness (QED) is 0.753. The summed E-state index contributed by atoms with van der Waals surface area (Å²) >= 11 is 1.92. The maximum absolute atomic E-state index is 11.8. The summed E-state index contributed by atoms with van der Waals surface area (Å²) in [6.07, 6.45) is -4.09. The molecule has 6 heteroatoms. The number of nitrogens with zero attached hydrogens (tertiary/aromatic N) is 1. The fourth-order valence-electron chi connectivity index (χ4n) is 1.56. The molecule has 0 bridgehead atoms. The number of alkyl halides is 3. The molecule has 1 N–H and O–H groups in total. The van der Waals surface area contributed by atoms with Crippen LogP contribution >= 0.6 is 11.8 Å². The summed E-state index contributed by atoms with van der Waals surface area (Å²) < 4.78 is 35.4. The molecule has 0 aromatic heterocycles. The predicted molar refractivity (Wildman–Crippen MR) is 57.3 cm³/mol. The zero-order chi connectivity index (χ0) is 11.3. The van der Waals surface area contributed by atoms with Crippen molar-refractivity contribution < 1.29 is 13.2 Å². The Hall–Kier alpha value is 0.0600. The molecule has 0 radical (unpaired) electrons. The first-order valence-corrected chi connectivity index (χ1v) is 6.14. The first kappa shape index (κ1) is 13.1. The topological polar surface area (TPSA) is 15.3 Å². The number of hydrogen-bond acceptors (Lipinski definition) is 3. The Morgan fingerprint density at radius 3 is 2.80 bits per heavy atom. The molecule has 1 rings (SSSR count). The van der Waals surface area contributed by atoms with Gasteiger partial charge in [-0.25, -0.2) is 0 Å². The Bertz CT molecular complexity index is 187. The molecular formula is C9H17F3N2S. The molecular weight excluding hydrogens is 225 g/mol. The van der Waals surface area contributed by atoms with Crippen molar-refractivity contribution in [3.8, 4) is 0 Å². The van der Waals surface area contributed by atoms with Crippen LogP contribution in [0.1, 0.15) is 6.92 Å². The van der Waals surface area contributed by atoms with Crippen LogP contribution in [0.5, 0.6) is 0 Å². The van der Waals surface area contributed by atoms with E-state index in [0.29, 0.717) is 18.3 Å². The van der Waals surface area contributed by atoms with Gasteiger partial charge in [-0.05, 0) is 0 Å². The fraction of sp³-hybridized carbons (Fsp3) is 1.00. The molecule has 90 valence electrons. The van der Waals surface area contributed by atoms with Crippen LogP contribution in [0.25, 0.3) is 0 Å². The normalized spacial score (nSPS) is 24.4. The maximum atomic E-state index is 11.8. The second-order valence-corrected chi connectivity index (χ2v) is 5.32. The van der Waals surface area contributed by atoms with Crippen molar-refractivity contribution in [3.05, 3.63) is 0 Å². The highest BCUT2D eigenvalue weighted by atomic mass is 32.2. The third-order valence-corrected chi connectivity index (χ3v) is 3.39. The molecule has 0 aromatic carbocycles. The van der Waals surface area contributed by atoms with Gasteiger partial charge in [0.15, 0.2) is 0 Å². The Kier molecular flexibility index (Phi) is 5.22. The highest BCUT2D eigenvalue weighted by Gasteiger charge is 2.26. The van der Waals surface area contributed by atoms with Crippen molar-refractivity contribution in [1.29, 1.82) is 0 Å². The number of rotatable bonds is 4. The lowest BCUT2D eigenvalue weighted by atomic mass is 10.3. The molecule has 15 heavy (non-hydrogen) atoms. The van der Waals surface area contributed by atoms with E-state index in [2.05, 4.69) is 17.1 Å². The minimum atomic E-state index is -4.09. The lowest BCUT2D eigenvalue weighted by Crippen LogP contribution is -2.42.